The van der Waals surface area contributed by atoms with Crippen LogP contribution in [-0.4, -0.2) is 31.9 Å². The zero-order valence-electron chi connectivity index (χ0n) is 12.9. The fourth-order valence-electron chi connectivity index (χ4n) is 1.75. The van der Waals surface area contributed by atoms with Crippen LogP contribution in [0.2, 0.25) is 0 Å². The molecule has 20 heavy (non-hydrogen) atoms. The van der Waals surface area contributed by atoms with Gasteiger partial charge in [-0.15, -0.1) is 0 Å². The second kappa shape index (κ2) is 9.28. The predicted molar refractivity (Wildman–Crippen MR) is 75.0 cm³/mol. The Kier molecular flexibility index (Phi) is 8.52. The van der Waals surface area contributed by atoms with Gasteiger partial charge in [-0.1, -0.05) is 12.5 Å². The summed E-state index contributed by atoms with van der Waals surface area (Å²) in [7, 11) is 2.55. The quantitative estimate of drug-likeness (QED) is 0.744. The van der Waals surface area contributed by atoms with Crippen molar-refractivity contribution in [2.75, 3.05) is 14.2 Å². The van der Waals surface area contributed by atoms with E-state index in [1.807, 2.05) is 6.92 Å². The highest BCUT2D eigenvalue weighted by molar-refractivity contribution is 5.96. The van der Waals surface area contributed by atoms with Crippen molar-refractivity contribution in [2.45, 2.75) is 46.5 Å². The third kappa shape index (κ3) is 6.50. The fourth-order valence-corrected chi connectivity index (χ4v) is 1.75. The van der Waals surface area contributed by atoms with Crippen LogP contribution in [0.1, 0.15) is 46.5 Å². The van der Waals surface area contributed by atoms with Crippen molar-refractivity contribution >= 4 is 17.7 Å². The number of rotatable bonds is 3. The Morgan fingerprint density at radius 1 is 1.10 bits per heavy atom. The van der Waals surface area contributed by atoms with Gasteiger partial charge in [0.05, 0.1) is 27.1 Å². The molecule has 1 aliphatic carbocycles. The standard InChI is InChI=1S/C9H14O.C6H10O4/c1-6-4-5-9(10)8(3)7(6)2;1-9-5(7)3-4-6(8)10-2/h6H,4-5H2,1-3H3;3-4H2,1-2H3. The Hall–Kier alpha value is -1.65. The van der Waals surface area contributed by atoms with E-state index in [0.29, 0.717) is 11.7 Å². The minimum atomic E-state index is -0.398. The maximum Gasteiger partial charge on any atom is 0.306 e. The highest BCUT2D eigenvalue weighted by atomic mass is 16.5. The van der Waals surface area contributed by atoms with Gasteiger partial charge in [-0.25, -0.2) is 0 Å². The molecule has 1 unspecified atom stereocenters. The number of hydrogen-bond acceptors (Lipinski definition) is 5. The van der Waals surface area contributed by atoms with E-state index in [1.54, 1.807) is 0 Å². The van der Waals surface area contributed by atoms with Gasteiger partial charge in [-0.2, -0.15) is 0 Å². The first-order valence-electron chi connectivity index (χ1n) is 6.67. The van der Waals surface area contributed by atoms with Gasteiger partial charge in [-0.3, -0.25) is 14.4 Å². The lowest BCUT2D eigenvalue weighted by Crippen LogP contribution is -2.14. The number of carbonyl (C=O) groups is 3. The smallest absolute Gasteiger partial charge is 0.306 e. The van der Waals surface area contributed by atoms with Crippen molar-refractivity contribution in [3.05, 3.63) is 11.1 Å². The predicted octanol–water partition coefficient (Wildman–Crippen LogP) is 2.43. The number of carbonyl (C=O) groups excluding carboxylic acids is 3. The summed E-state index contributed by atoms with van der Waals surface area (Å²) in [6.45, 7) is 6.19. The molecule has 0 aromatic heterocycles. The molecule has 0 N–H and O–H groups in total. The molecule has 0 aromatic rings. The second-order valence-electron chi connectivity index (χ2n) is 4.82. The zero-order chi connectivity index (χ0) is 15.7. The van der Waals surface area contributed by atoms with Gasteiger partial charge in [0.2, 0.25) is 0 Å². The summed E-state index contributed by atoms with van der Waals surface area (Å²) in [5, 5.41) is 0. The van der Waals surface area contributed by atoms with E-state index in [0.717, 1.165) is 18.4 Å². The average Bonchev–Trinajstić information content (AvgIpc) is 2.46. The zero-order valence-corrected chi connectivity index (χ0v) is 12.9. The number of methoxy groups -OCH3 is 2. The number of ketones is 1. The van der Waals surface area contributed by atoms with Gasteiger partial charge in [0.1, 0.15) is 0 Å². The third-order valence-corrected chi connectivity index (χ3v) is 3.54. The van der Waals surface area contributed by atoms with E-state index in [1.165, 1.54) is 19.8 Å². The summed E-state index contributed by atoms with van der Waals surface area (Å²) in [4.78, 5) is 31.9. The Balaban J connectivity index is 0.000000361. The van der Waals surface area contributed by atoms with Crippen LogP contribution in [0.15, 0.2) is 11.1 Å². The Labute approximate surface area is 120 Å². The van der Waals surface area contributed by atoms with Crippen LogP contribution in [0.3, 0.4) is 0 Å². The lowest BCUT2D eigenvalue weighted by molar-refractivity contribution is -0.147. The molecule has 5 nitrogen and oxygen atoms in total. The van der Waals surface area contributed by atoms with Gasteiger partial charge in [-0.05, 0) is 31.8 Å². The number of esters is 2. The first-order chi connectivity index (χ1) is 9.33. The van der Waals surface area contributed by atoms with Crippen LogP contribution in [0.4, 0.5) is 0 Å². The highest BCUT2D eigenvalue weighted by Gasteiger charge is 2.18. The molecule has 0 radical (unpaired) electrons. The summed E-state index contributed by atoms with van der Waals surface area (Å²) in [6, 6.07) is 0. The molecule has 0 fully saturated rings. The molecule has 1 rings (SSSR count). The van der Waals surface area contributed by atoms with E-state index in [4.69, 9.17) is 0 Å². The third-order valence-electron chi connectivity index (χ3n) is 3.54. The molecular weight excluding hydrogens is 260 g/mol. The summed E-state index contributed by atoms with van der Waals surface area (Å²) >= 11 is 0. The fraction of sp³-hybridized carbons (Fsp3) is 0.667. The Morgan fingerprint density at radius 2 is 1.55 bits per heavy atom. The molecule has 0 heterocycles. The minimum Gasteiger partial charge on any atom is -0.469 e. The molecule has 0 aliphatic heterocycles. The monoisotopic (exact) mass is 284 g/mol. The number of hydrogen-bond donors (Lipinski definition) is 0. The van der Waals surface area contributed by atoms with Crippen molar-refractivity contribution in [1.29, 1.82) is 0 Å². The molecule has 0 spiro atoms. The molecular formula is C15H24O5. The summed E-state index contributed by atoms with van der Waals surface area (Å²) < 4.78 is 8.60. The number of allylic oxidation sites excluding steroid dienone is 2. The van der Waals surface area contributed by atoms with Gasteiger partial charge in [0, 0.05) is 6.42 Å². The topological polar surface area (TPSA) is 69.7 Å². The van der Waals surface area contributed by atoms with Gasteiger partial charge in [0.25, 0.3) is 0 Å². The highest BCUT2D eigenvalue weighted by Crippen LogP contribution is 2.26. The molecule has 0 saturated heterocycles. The lowest BCUT2D eigenvalue weighted by atomic mass is 9.85. The average molecular weight is 284 g/mol. The van der Waals surface area contributed by atoms with Gasteiger partial charge in [0.15, 0.2) is 5.78 Å². The van der Waals surface area contributed by atoms with E-state index in [9.17, 15) is 14.4 Å². The van der Waals surface area contributed by atoms with Crippen LogP contribution in [0, 0.1) is 5.92 Å². The van der Waals surface area contributed by atoms with Gasteiger partial charge >= 0.3 is 11.9 Å². The van der Waals surface area contributed by atoms with Crippen molar-refractivity contribution in [2.24, 2.45) is 5.92 Å². The van der Waals surface area contributed by atoms with Crippen LogP contribution in [0.5, 0.6) is 0 Å². The molecule has 5 heteroatoms. The maximum atomic E-state index is 11.1. The summed E-state index contributed by atoms with van der Waals surface area (Å²) in [6.07, 6.45) is 1.97. The molecule has 0 bridgehead atoms. The van der Waals surface area contributed by atoms with Crippen LogP contribution in [0.25, 0.3) is 0 Å². The molecule has 0 saturated carbocycles. The van der Waals surface area contributed by atoms with E-state index < -0.39 is 11.9 Å². The van der Waals surface area contributed by atoms with Crippen molar-refractivity contribution in [3.8, 4) is 0 Å². The maximum absolute atomic E-state index is 11.1. The molecule has 1 aliphatic rings. The molecule has 0 amide bonds. The van der Waals surface area contributed by atoms with Crippen LogP contribution in [-0.2, 0) is 23.9 Å². The number of ether oxygens (including phenoxy) is 2. The van der Waals surface area contributed by atoms with Gasteiger partial charge < -0.3 is 9.47 Å². The second-order valence-corrected chi connectivity index (χ2v) is 4.82. The Bertz CT molecular complexity index is 379. The first kappa shape index (κ1) is 18.4. The number of Topliss-reactive ketones (excluding diaryl/α,β-unsaturated/α-hetero) is 1. The van der Waals surface area contributed by atoms with Crippen molar-refractivity contribution < 1.29 is 23.9 Å². The molecule has 0 aromatic carbocycles. The van der Waals surface area contributed by atoms with E-state index in [-0.39, 0.29) is 12.8 Å². The first-order valence-corrected chi connectivity index (χ1v) is 6.67. The molecule has 114 valence electrons. The minimum absolute atomic E-state index is 0.0865. The Morgan fingerprint density at radius 3 is 1.90 bits per heavy atom. The molecule has 1 atom stereocenters. The van der Waals surface area contributed by atoms with E-state index in [2.05, 4.69) is 23.3 Å². The normalized spacial score (nSPS) is 18.1. The largest absolute Gasteiger partial charge is 0.469 e. The summed E-state index contributed by atoms with van der Waals surface area (Å²) in [5.74, 6) is 0.170. The van der Waals surface area contributed by atoms with Crippen LogP contribution >= 0.6 is 0 Å². The van der Waals surface area contributed by atoms with E-state index >= 15 is 0 Å². The van der Waals surface area contributed by atoms with Crippen molar-refractivity contribution in [3.63, 3.8) is 0 Å². The van der Waals surface area contributed by atoms with Crippen molar-refractivity contribution in [1.82, 2.24) is 0 Å². The lowest BCUT2D eigenvalue weighted by Gasteiger charge is -2.19. The summed E-state index contributed by atoms with van der Waals surface area (Å²) in [5.41, 5.74) is 2.29. The van der Waals surface area contributed by atoms with Crippen LogP contribution < -0.4 is 0 Å². The SMILES string of the molecule is CC1=C(C)C(C)CCC1=O.COC(=O)CCC(=O)OC.